The molecule has 0 aliphatic carbocycles. The Balaban J connectivity index is 0.914. The first kappa shape index (κ1) is 34.2. The second kappa shape index (κ2) is 14.9. The van der Waals surface area contributed by atoms with E-state index in [0.29, 0.717) is 24.0 Å². The van der Waals surface area contributed by atoms with Crippen molar-refractivity contribution in [2.75, 3.05) is 54.9 Å². The van der Waals surface area contributed by atoms with Gasteiger partial charge in [0.15, 0.2) is 5.16 Å². The van der Waals surface area contributed by atoms with Gasteiger partial charge in [-0.1, -0.05) is 42.4 Å². The lowest BCUT2D eigenvalue weighted by Gasteiger charge is -2.37. The highest BCUT2D eigenvalue weighted by Gasteiger charge is 2.44. The molecular weight excluding hydrogens is 676 g/mol. The number of halogens is 1. The molecule has 0 radical (unpaired) electrons. The molecule has 0 N–H and O–H groups in total. The Kier molecular flexibility index (Phi) is 10.2. The Morgan fingerprint density at radius 1 is 0.940 bits per heavy atom. The first-order valence-electron chi connectivity index (χ1n) is 16.9. The summed E-state index contributed by atoms with van der Waals surface area (Å²) in [5, 5.41) is 13.9. The number of rotatable bonds is 12. The third-order valence-electron chi connectivity index (χ3n) is 9.34. The van der Waals surface area contributed by atoms with E-state index in [4.69, 9.17) is 25.8 Å². The van der Waals surface area contributed by atoms with Crippen molar-refractivity contribution in [2.24, 2.45) is 7.05 Å². The Morgan fingerprint density at radius 2 is 1.58 bits per heavy atom. The van der Waals surface area contributed by atoms with E-state index in [9.17, 15) is 4.79 Å². The van der Waals surface area contributed by atoms with Crippen LogP contribution in [0.25, 0.3) is 5.69 Å². The predicted molar refractivity (Wildman–Crippen MR) is 195 cm³/mol. The third kappa shape index (κ3) is 7.27. The maximum Gasteiger partial charge on any atom is 0.350 e. The van der Waals surface area contributed by atoms with E-state index in [1.54, 1.807) is 17.2 Å². The van der Waals surface area contributed by atoms with Crippen molar-refractivity contribution in [3.63, 3.8) is 0 Å². The maximum atomic E-state index is 12.8. The molecule has 2 saturated heterocycles. The number of nitrogens with zero attached hydrogens (tertiary/aromatic N) is 8. The molecular formula is C36H41ClN8O4S. The van der Waals surface area contributed by atoms with E-state index >= 15 is 0 Å². The van der Waals surface area contributed by atoms with Gasteiger partial charge in [-0.15, -0.1) is 10.2 Å². The summed E-state index contributed by atoms with van der Waals surface area (Å²) in [6.45, 7) is 8.42. The van der Waals surface area contributed by atoms with Crippen LogP contribution in [-0.2, 0) is 22.3 Å². The molecule has 50 heavy (non-hydrogen) atoms. The highest BCUT2D eigenvalue weighted by molar-refractivity contribution is 7.99. The summed E-state index contributed by atoms with van der Waals surface area (Å²) in [7, 11) is 1.91. The van der Waals surface area contributed by atoms with Crippen LogP contribution in [0.15, 0.2) is 95.4 Å². The van der Waals surface area contributed by atoms with Crippen molar-refractivity contribution in [1.29, 1.82) is 0 Å². The average Bonchev–Trinajstić information content (AvgIpc) is 3.88. The first-order chi connectivity index (χ1) is 24.3. The molecule has 4 heterocycles. The molecule has 5 aromatic rings. The molecule has 2 aliphatic heterocycles. The Labute approximate surface area is 300 Å². The second-order valence-corrected chi connectivity index (χ2v) is 14.0. The molecule has 2 aromatic heterocycles. The molecule has 262 valence electrons. The molecule has 3 atom stereocenters. The summed E-state index contributed by atoms with van der Waals surface area (Å²) in [4.78, 5) is 17.6. The average molecular weight is 717 g/mol. The highest BCUT2D eigenvalue weighted by Crippen LogP contribution is 2.39. The van der Waals surface area contributed by atoms with Crippen LogP contribution in [0.3, 0.4) is 0 Å². The zero-order valence-corrected chi connectivity index (χ0v) is 30.0. The molecule has 2 aliphatic rings. The maximum absolute atomic E-state index is 12.8. The third-order valence-corrected chi connectivity index (χ3v) is 10.7. The monoisotopic (exact) mass is 716 g/mol. The molecule has 2 fully saturated rings. The molecule has 14 heteroatoms. The fourth-order valence-electron chi connectivity index (χ4n) is 6.19. The van der Waals surface area contributed by atoms with Gasteiger partial charge < -0.3 is 28.6 Å². The van der Waals surface area contributed by atoms with Gasteiger partial charge >= 0.3 is 5.69 Å². The van der Waals surface area contributed by atoms with Crippen molar-refractivity contribution < 1.29 is 14.2 Å². The van der Waals surface area contributed by atoms with E-state index in [1.807, 2.05) is 67.1 Å². The van der Waals surface area contributed by atoms with Gasteiger partial charge in [0.2, 0.25) is 5.79 Å². The number of aryl methyl sites for hydroxylation is 1. The first-order valence-corrected chi connectivity index (χ1v) is 18.2. The molecule has 0 amide bonds. The zero-order chi connectivity index (χ0) is 34.7. The summed E-state index contributed by atoms with van der Waals surface area (Å²) in [6, 6.07) is 24.0. The summed E-state index contributed by atoms with van der Waals surface area (Å²) >= 11 is 7.70. The van der Waals surface area contributed by atoms with Crippen LogP contribution >= 0.6 is 23.4 Å². The molecule has 0 spiro atoms. The van der Waals surface area contributed by atoms with E-state index in [0.717, 1.165) is 66.1 Å². The van der Waals surface area contributed by atoms with Crippen molar-refractivity contribution in [1.82, 2.24) is 29.1 Å². The summed E-state index contributed by atoms with van der Waals surface area (Å²) in [6.07, 6.45) is 3.92. The molecule has 0 saturated carbocycles. The van der Waals surface area contributed by atoms with E-state index in [-0.39, 0.29) is 17.8 Å². The minimum Gasteiger partial charge on any atom is -0.491 e. The Hall–Kier alpha value is -4.30. The largest absolute Gasteiger partial charge is 0.491 e. The number of aromatic nitrogens is 6. The normalized spacial score (nSPS) is 20.0. The van der Waals surface area contributed by atoms with E-state index in [1.165, 1.54) is 16.4 Å². The van der Waals surface area contributed by atoms with Gasteiger partial charge in [0.25, 0.3) is 0 Å². The van der Waals surface area contributed by atoms with Crippen molar-refractivity contribution in [3.05, 3.63) is 107 Å². The predicted octanol–water partition coefficient (Wildman–Crippen LogP) is 5.55. The number of piperazine rings is 1. The lowest BCUT2D eigenvalue weighted by Crippen LogP contribution is -2.46. The Morgan fingerprint density at radius 3 is 2.20 bits per heavy atom. The molecule has 3 aromatic carbocycles. The van der Waals surface area contributed by atoms with Crippen LogP contribution in [0, 0.1) is 0 Å². The number of hydrogen-bond donors (Lipinski definition) is 0. The van der Waals surface area contributed by atoms with Crippen LogP contribution in [0.1, 0.15) is 31.9 Å². The highest BCUT2D eigenvalue weighted by atomic mass is 35.5. The van der Waals surface area contributed by atoms with Gasteiger partial charge in [-0.3, -0.25) is 4.57 Å². The van der Waals surface area contributed by atoms with Gasteiger partial charge in [0, 0.05) is 61.2 Å². The standard InChI is InChI=1S/C36H41ClN8O4S/c1-4-26(2)44-25-39-45(35(44)46)31-11-9-29(10-12-31)42-17-19-43(20-18-42)30-13-15-32(16-14-30)47-21-33-22-48-36(49-33,27-5-7-28(37)8-6-27)23-50-34-40-38-24-41(34)3/h5-16,24-26,33H,4,17-23H2,1-3H3. The van der Waals surface area contributed by atoms with Crippen LogP contribution in [-0.4, -0.2) is 80.4 Å². The van der Waals surface area contributed by atoms with Crippen molar-refractivity contribution >= 4 is 34.7 Å². The van der Waals surface area contributed by atoms with Crippen LogP contribution in [0.5, 0.6) is 5.75 Å². The second-order valence-electron chi connectivity index (χ2n) is 12.6. The number of ether oxygens (including phenoxy) is 3. The van der Waals surface area contributed by atoms with Gasteiger partial charge in [-0.25, -0.2) is 4.79 Å². The van der Waals surface area contributed by atoms with Gasteiger partial charge in [-0.05, 0) is 74.0 Å². The fourth-order valence-corrected chi connectivity index (χ4v) is 7.30. The quantitative estimate of drug-likeness (QED) is 0.153. The minimum absolute atomic E-state index is 0.112. The van der Waals surface area contributed by atoms with Crippen molar-refractivity contribution in [3.8, 4) is 11.4 Å². The summed E-state index contributed by atoms with van der Waals surface area (Å²) in [5.41, 5.74) is 3.84. The number of anilines is 2. The number of benzene rings is 3. The van der Waals surface area contributed by atoms with Crippen molar-refractivity contribution in [2.45, 2.75) is 43.4 Å². The number of hydrogen-bond acceptors (Lipinski definition) is 10. The molecule has 0 bridgehead atoms. The van der Waals surface area contributed by atoms with Crippen LogP contribution in [0.2, 0.25) is 5.02 Å². The SMILES string of the molecule is CCC(C)n1cnn(-c2ccc(N3CCN(c4ccc(OCC5COC(CSc6nncn6C)(c6ccc(Cl)cc6)O5)cc4)CC3)cc2)c1=O. The Bertz CT molecular complexity index is 1920. The number of thioether (sulfide) groups is 1. The summed E-state index contributed by atoms with van der Waals surface area (Å²) < 4.78 is 24.1. The lowest BCUT2D eigenvalue weighted by molar-refractivity contribution is -0.160. The molecule has 7 rings (SSSR count). The minimum atomic E-state index is -0.959. The smallest absolute Gasteiger partial charge is 0.350 e. The van der Waals surface area contributed by atoms with Gasteiger partial charge in [0.05, 0.1) is 18.0 Å². The van der Waals surface area contributed by atoms with Crippen LogP contribution in [0.4, 0.5) is 11.4 Å². The zero-order valence-electron chi connectivity index (χ0n) is 28.4. The van der Waals surface area contributed by atoms with E-state index in [2.05, 4.69) is 56.3 Å². The topological polar surface area (TPSA) is 105 Å². The molecule has 3 unspecified atom stereocenters. The van der Waals surface area contributed by atoms with Crippen LogP contribution < -0.4 is 20.2 Å². The van der Waals surface area contributed by atoms with Gasteiger partial charge in [-0.2, -0.15) is 9.78 Å². The summed E-state index contributed by atoms with van der Waals surface area (Å²) in [5.74, 6) is 0.318. The fraction of sp³-hybridized carbons (Fsp3) is 0.389. The molecule has 12 nitrogen and oxygen atoms in total. The van der Waals surface area contributed by atoms with E-state index < -0.39 is 5.79 Å². The van der Waals surface area contributed by atoms with Gasteiger partial charge in [0.1, 0.15) is 31.1 Å². The lowest BCUT2D eigenvalue weighted by atomic mass is 10.1.